The molecule has 0 spiro atoms. The monoisotopic (exact) mass is 742 g/mol. The van der Waals surface area contributed by atoms with E-state index in [0.717, 1.165) is 31.2 Å². The van der Waals surface area contributed by atoms with Crippen LogP contribution >= 0.6 is 39.1 Å². The van der Waals surface area contributed by atoms with Crippen molar-refractivity contribution in [1.29, 1.82) is 0 Å². The highest BCUT2D eigenvalue weighted by Gasteiger charge is 2.34. The number of rotatable bonds is 8. The molecule has 46 heavy (non-hydrogen) atoms. The van der Waals surface area contributed by atoms with Crippen LogP contribution in [0.25, 0.3) is 0 Å². The number of nitrogens with zero attached hydrogens (tertiary/aromatic N) is 4. The van der Waals surface area contributed by atoms with Crippen molar-refractivity contribution in [1.82, 2.24) is 19.8 Å². The first-order valence-corrected chi connectivity index (χ1v) is 16.9. The Labute approximate surface area is 290 Å². The lowest BCUT2D eigenvalue weighted by atomic mass is 10.2. The van der Waals surface area contributed by atoms with Gasteiger partial charge >= 0.3 is 12.2 Å². The van der Waals surface area contributed by atoms with Gasteiger partial charge in [-0.2, -0.15) is 0 Å². The molecule has 2 atom stereocenters. The van der Waals surface area contributed by atoms with E-state index in [-0.39, 0.29) is 24.3 Å². The van der Waals surface area contributed by atoms with Crippen molar-refractivity contribution in [3.8, 4) is 11.5 Å². The summed E-state index contributed by atoms with van der Waals surface area (Å²) in [6.45, 7) is 17.1. The van der Waals surface area contributed by atoms with Crippen molar-refractivity contribution in [2.75, 3.05) is 26.3 Å². The zero-order valence-electron chi connectivity index (χ0n) is 27.5. The third kappa shape index (κ3) is 12.1. The number of ether oxygens (including phenoxy) is 4. The molecule has 0 radical (unpaired) electrons. The molecule has 4 heterocycles. The summed E-state index contributed by atoms with van der Waals surface area (Å²) >= 11 is 15.2. The maximum atomic E-state index is 12.3. The van der Waals surface area contributed by atoms with E-state index >= 15 is 0 Å². The molecule has 0 aromatic carbocycles. The molecule has 254 valence electrons. The van der Waals surface area contributed by atoms with Crippen molar-refractivity contribution in [2.24, 2.45) is 0 Å². The fourth-order valence-corrected chi connectivity index (χ4v) is 5.47. The minimum atomic E-state index is -0.495. The number of aromatic nitrogens is 2. The molecule has 13 heteroatoms. The number of carbonyl (C=O) groups excluding carboxylic acids is 2. The first-order valence-electron chi connectivity index (χ1n) is 15.4. The Kier molecular flexibility index (Phi) is 13.8. The second kappa shape index (κ2) is 16.9. The van der Waals surface area contributed by atoms with Crippen LogP contribution in [0.3, 0.4) is 0 Å². The summed E-state index contributed by atoms with van der Waals surface area (Å²) in [5, 5.41) is 0.849. The fraction of sp³-hybridized carbons (Fsp3) is 0.576. The fourth-order valence-electron chi connectivity index (χ4n) is 4.86. The van der Waals surface area contributed by atoms with Gasteiger partial charge in [-0.25, -0.2) is 19.6 Å². The summed E-state index contributed by atoms with van der Waals surface area (Å²) in [4.78, 5) is 36.1. The molecule has 2 aliphatic rings. The van der Waals surface area contributed by atoms with Gasteiger partial charge in [-0.05, 0) is 107 Å². The van der Waals surface area contributed by atoms with E-state index in [1.54, 1.807) is 34.3 Å². The van der Waals surface area contributed by atoms with E-state index < -0.39 is 11.2 Å². The molecule has 10 nitrogen and oxygen atoms in total. The predicted octanol–water partition coefficient (Wildman–Crippen LogP) is 8.52. The Morgan fingerprint density at radius 3 is 1.76 bits per heavy atom. The van der Waals surface area contributed by atoms with Crippen LogP contribution in [0, 0.1) is 0 Å². The SMILES string of the molecule is C=CCc1cc(OC[C@@H]2CCCN2C(=O)OC(C)(C)C)cnc1Cl.CC(C)(C)OC(=O)N1CCC[C@H]1COc1cnc(Cl)c(Br)c1. The minimum absolute atomic E-state index is 0.0124. The lowest BCUT2D eigenvalue weighted by Crippen LogP contribution is -2.42. The first-order chi connectivity index (χ1) is 21.6. The summed E-state index contributed by atoms with van der Waals surface area (Å²) < 4.78 is 23.1. The normalized spacial score (nSPS) is 18.0. The Morgan fingerprint density at radius 2 is 1.33 bits per heavy atom. The van der Waals surface area contributed by atoms with Crippen molar-refractivity contribution >= 4 is 51.3 Å². The maximum Gasteiger partial charge on any atom is 0.410 e. The molecule has 0 aliphatic carbocycles. The van der Waals surface area contributed by atoms with Gasteiger partial charge in [-0.15, -0.1) is 6.58 Å². The second-order valence-electron chi connectivity index (χ2n) is 13.1. The Morgan fingerprint density at radius 1 is 0.870 bits per heavy atom. The van der Waals surface area contributed by atoms with Gasteiger partial charge in [0, 0.05) is 13.1 Å². The van der Waals surface area contributed by atoms with Crippen LogP contribution in [-0.4, -0.2) is 81.5 Å². The molecule has 2 amide bonds. The van der Waals surface area contributed by atoms with E-state index in [4.69, 9.17) is 42.1 Å². The van der Waals surface area contributed by atoms with Gasteiger partial charge in [0.05, 0.1) is 29.0 Å². The lowest BCUT2D eigenvalue weighted by Gasteiger charge is -2.28. The zero-order valence-corrected chi connectivity index (χ0v) is 30.6. The quantitative estimate of drug-likeness (QED) is 0.196. The van der Waals surface area contributed by atoms with Crippen LogP contribution in [0.5, 0.6) is 11.5 Å². The molecular formula is C33H45BrCl2N4O6. The number of likely N-dealkylation sites (tertiary alicyclic amines) is 2. The van der Waals surface area contributed by atoms with Crippen LogP contribution in [0.15, 0.2) is 41.7 Å². The van der Waals surface area contributed by atoms with Gasteiger partial charge in [0.15, 0.2) is 0 Å². The molecule has 0 unspecified atom stereocenters. The van der Waals surface area contributed by atoms with E-state index in [0.29, 0.717) is 59.0 Å². The number of carbonyl (C=O) groups is 2. The van der Waals surface area contributed by atoms with Crippen molar-refractivity contribution in [3.63, 3.8) is 0 Å². The van der Waals surface area contributed by atoms with Crippen LogP contribution in [0.4, 0.5) is 9.59 Å². The van der Waals surface area contributed by atoms with Crippen LogP contribution in [0.1, 0.15) is 72.8 Å². The largest absolute Gasteiger partial charge is 0.490 e. The highest BCUT2D eigenvalue weighted by atomic mass is 79.9. The van der Waals surface area contributed by atoms with Gasteiger partial charge in [-0.3, -0.25) is 0 Å². The standard InChI is InChI=1S/C18H25ClN2O3.C15H20BrClN2O3/c1-5-7-13-10-15(11-20-16(13)19)23-12-14-8-6-9-21(14)17(22)24-18(2,3)4;1-15(2,3)22-14(20)19-6-4-5-10(19)9-21-11-7-12(16)13(17)18-8-11/h5,10-11,14H,1,6-9,12H2,2-4H3;7-8,10H,4-6,9H2,1-3H3/t14-;10-/m00/s1. The van der Waals surface area contributed by atoms with E-state index in [1.807, 2.05) is 47.6 Å². The average Bonchev–Trinajstić information content (AvgIpc) is 3.63. The highest BCUT2D eigenvalue weighted by Crippen LogP contribution is 2.27. The number of pyridine rings is 2. The van der Waals surface area contributed by atoms with E-state index in [1.165, 1.54) is 0 Å². The molecule has 0 N–H and O–H groups in total. The molecule has 0 saturated carbocycles. The topological polar surface area (TPSA) is 103 Å². The number of allylic oxidation sites excluding steroid dienone is 1. The van der Waals surface area contributed by atoms with Crippen molar-refractivity contribution in [3.05, 3.63) is 57.5 Å². The molecule has 2 fully saturated rings. The summed E-state index contributed by atoms with van der Waals surface area (Å²) in [7, 11) is 0. The maximum absolute atomic E-state index is 12.3. The Hall–Kier alpha value is -2.76. The first kappa shape index (κ1) is 37.7. The van der Waals surface area contributed by atoms with Crippen LogP contribution in [0.2, 0.25) is 10.3 Å². The molecule has 2 aromatic rings. The lowest BCUT2D eigenvalue weighted by molar-refractivity contribution is 0.0177. The molecule has 2 saturated heterocycles. The smallest absolute Gasteiger partial charge is 0.410 e. The van der Waals surface area contributed by atoms with Gasteiger partial charge in [0.25, 0.3) is 0 Å². The van der Waals surface area contributed by atoms with Gasteiger partial charge in [-0.1, -0.05) is 29.3 Å². The average molecular weight is 745 g/mol. The summed E-state index contributed by atoms with van der Waals surface area (Å²) in [5.41, 5.74) is -0.111. The third-order valence-electron chi connectivity index (χ3n) is 6.92. The number of amides is 2. The highest BCUT2D eigenvalue weighted by molar-refractivity contribution is 9.10. The molecule has 2 aromatic heterocycles. The van der Waals surface area contributed by atoms with Gasteiger partial charge < -0.3 is 28.7 Å². The molecule has 2 aliphatic heterocycles. The van der Waals surface area contributed by atoms with Crippen molar-refractivity contribution < 1.29 is 28.5 Å². The Bertz CT molecular complexity index is 1350. The summed E-state index contributed by atoms with van der Waals surface area (Å²) in [6.07, 6.45) is 8.72. The number of hydrogen-bond donors (Lipinski definition) is 0. The van der Waals surface area contributed by atoms with Crippen molar-refractivity contribution in [2.45, 2.75) is 96.9 Å². The van der Waals surface area contributed by atoms with E-state index in [2.05, 4.69) is 32.5 Å². The number of hydrogen-bond acceptors (Lipinski definition) is 8. The summed E-state index contributed by atoms with van der Waals surface area (Å²) in [5.74, 6) is 1.26. The molecule has 0 bridgehead atoms. The van der Waals surface area contributed by atoms with Gasteiger partial charge in [0.1, 0.15) is 46.2 Å². The van der Waals surface area contributed by atoms with Gasteiger partial charge in [0.2, 0.25) is 0 Å². The Balaban J connectivity index is 0.000000251. The third-order valence-corrected chi connectivity index (χ3v) is 8.39. The van der Waals surface area contributed by atoms with Crippen LogP contribution < -0.4 is 9.47 Å². The second-order valence-corrected chi connectivity index (χ2v) is 14.7. The minimum Gasteiger partial charge on any atom is -0.490 e. The molecular weight excluding hydrogens is 699 g/mol. The number of halogens is 3. The predicted molar refractivity (Wildman–Crippen MR) is 183 cm³/mol. The zero-order chi connectivity index (χ0) is 34.1. The summed E-state index contributed by atoms with van der Waals surface area (Å²) in [6, 6.07) is 3.66. The molecule has 4 rings (SSSR count). The van der Waals surface area contributed by atoms with E-state index in [9.17, 15) is 9.59 Å². The van der Waals surface area contributed by atoms with Crippen LogP contribution in [-0.2, 0) is 15.9 Å².